The van der Waals surface area contributed by atoms with Gasteiger partial charge in [0.1, 0.15) is 10.8 Å². The third-order valence-electron chi connectivity index (χ3n) is 4.37. The third-order valence-corrected chi connectivity index (χ3v) is 5.31. The van der Waals surface area contributed by atoms with Crippen molar-refractivity contribution < 1.29 is 9.18 Å². The molecule has 0 bridgehead atoms. The average molecular weight is 352 g/mol. The van der Waals surface area contributed by atoms with Crippen LogP contribution in [-0.4, -0.2) is 17.4 Å². The summed E-state index contributed by atoms with van der Waals surface area (Å²) in [5.74, 6) is -0.426. The molecule has 1 aliphatic rings. The molecule has 1 aliphatic heterocycles. The maximum absolute atomic E-state index is 14.2. The number of amides is 1. The van der Waals surface area contributed by atoms with E-state index in [1.165, 1.54) is 17.4 Å². The number of thiazole rings is 1. The molecule has 0 saturated carbocycles. The second-order valence-corrected chi connectivity index (χ2v) is 6.94. The Bertz CT molecular complexity index is 907. The lowest BCUT2D eigenvalue weighted by molar-refractivity contribution is -0.118. The number of hydrogen-bond acceptors (Lipinski definition) is 3. The zero-order chi connectivity index (χ0) is 17.2. The molecule has 3 aromatic rings. The highest BCUT2D eigenvalue weighted by atomic mass is 32.1. The molecular formula is C20H17FN2OS. The summed E-state index contributed by atoms with van der Waals surface area (Å²) in [6.45, 7) is 0.558. The van der Waals surface area contributed by atoms with E-state index < -0.39 is 0 Å². The number of anilines is 1. The van der Waals surface area contributed by atoms with Crippen LogP contribution in [0.2, 0.25) is 0 Å². The normalized spacial score (nSPS) is 13.6. The molecule has 25 heavy (non-hydrogen) atoms. The highest BCUT2D eigenvalue weighted by Crippen LogP contribution is 2.31. The largest absolute Gasteiger partial charge is 0.309 e. The summed E-state index contributed by atoms with van der Waals surface area (Å²) in [7, 11) is 0. The van der Waals surface area contributed by atoms with E-state index in [0.717, 1.165) is 34.7 Å². The van der Waals surface area contributed by atoms with Crippen LogP contribution in [0.1, 0.15) is 17.7 Å². The zero-order valence-electron chi connectivity index (χ0n) is 13.6. The van der Waals surface area contributed by atoms with Crippen molar-refractivity contribution in [1.29, 1.82) is 0 Å². The highest BCUT2D eigenvalue weighted by Gasteiger charge is 2.26. The van der Waals surface area contributed by atoms with E-state index in [2.05, 4.69) is 4.98 Å². The second kappa shape index (κ2) is 6.76. The van der Waals surface area contributed by atoms with Gasteiger partial charge < -0.3 is 4.90 Å². The minimum Gasteiger partial charge on any atom is -0.309 e. The van der Waals surface area contributed by atoms with Crippen molar-refractivity contribution in [2.45, 2.75) is 19.3 Å². The summed E-state index contributed by atoms with van der Waals surface area (Å²) in [6, 6.07) is 14.9. The van der Waals surface area contributed by atoms with Gasteiger partial charge in [0.05, 0.1) is 17.8 Å². The molecule has 4 rings (SSSR count). The molecule has 2 heterocycles. The average Bonchev–Trinajstić information content (AvgIpc) is 3.11. The fourth-order valence-electron chi connectivity index (χ4n) is 3.20. The number of benzene rings is 2. The van der Waals surface area contributed by atoms with E-state index in [-0.39, 0.29) is 18.1 Å². The van der Waals surface area contributed by atoms with Crippen LogP contribution in [0.4, 0.5) is 10.1 Å². The Morgan fingerprint density at radius 2 is 2.00 bits per heavy atom. The van der Waals surface area contributed by atoms with Crippen LogP contribution >= 0.6 is 11.3 Å². The Labute approximate surface area is 149 Å². The molecule has 0 unspecified atom stereocenters. The number of aromatic nitrogens is 1. The number of aryl methyl sites for hydroxylation is 1. The van der Waals surface area contributed by atoms with Crippen LogP contribution in [0.5, 0.6) is 0 Å². The van der Waals surface area contributed by atoms with Crippen molar-refractivity contribution in [2.24, 2.45) is 0 Å². The first kappa shape index (κ1) is 16.0. The molecule has 0 saturated heterocycles. The molecule has 0 spiro atoms. The number of nitrogens with zero attached hydrogens (tertiary/aromatic N) is 2. The number of carbonyl (C=O) groups excluding carboxylic acids is 1. The van der Waals surface area contributed by atoms with Crippen LogP contribution in [0.15, 0.2) is 53.9 Å². The molecule has 0 N–H and O–H groups in total. The summed E-state index contributed by atoms with van der Waals surface area (Å²) in [6.07, 6.45) is 1.86. The van der Waals surface area contributed by atoms with E-state index in [1.54, 1.807) is 11.0 Å². The summed E-state index contributed by atoms with van der Waals surface area (Å²) < 4.78 is 14.2. The lowest BCUT2D eigenvalue weighted by Crippen LogP contribution is -2.37. The first-order valence-corrected chi connectivity index (χ1v) is 9.18. The SMILES string of the molecule is O=C(Cc1csc(-c2ccccc2)n1)N1CCCc2cccc(F)c21. The predicted octanol–water partition coefficient (Wildman–Crippen LogP) is 4.47. The van der Waals surface area contributed by atoms with E-state index in [0.29, 0.717) is 12.2 Å². The Kier molecular flexibility index (Phi) is 4.32. The Hall–Kier alpha value is -2.53. The molecule has 2 aromatic carbocycles. The number of hydrogen-bond donors (Lipinski definition) is 0. The fraction of sp³-hybridized carbons (Fsp3) is 0.200. The fourth-order valence-corrected chi connectivity index (χ4v) is 4.03. The molecule has 1 amide bonds. The van der Waals surface area contributed by atoms with Crippen LogP contribution in [-0.2, 0) is 17.6 Å². The maximum Gasteiger partial charge on any atom is 0.233 e. The number of fused-ring (bicyclic) bond motifs is 1. The first-order valence-electron chi connectivity index (χ1n) is 8.30. The minimum absolute atomic E-state index is 0.101. The van der Waals surface area contributed by atoms with Gasteiger partial charge in [0.2, 0.25) is 5.91 Å². The van der Waals surface area contributed by atoms with Crippen LogP contribution in [0, 0.1) is 5.82 Å². The quantitative estimate of drug-likeness (QED) is 0.697. The van der Waals surface area contributed by atoms with Gasteiger partial charge in [-0.2, -0.15) is 0 Å². The van der Waals surface area contributed by atoms with Crippen molar-refractivity contribution >= 4 is 22.9 Å². The standard InChI is InChI=1S/C20H17FN2OS/c21-17-10-4-8-14-9-5-11-23(19(14)17)18(24)12-16-13-25-20(22-16)15-6-2-1-3-7-15/h1-4,6-8,10,13H,5,9,11-12H2. The van der Waals surface area contributed by atoms with Gasteiger partial charge in [-0.25, -0.2) is 9.37 Å². The molecule has 0 fully saturated rings. The molecule has 1 aromatic heterocycles. The molecule has 0 radical (unpaired) electrons. The minimum atomic E-state index is -0.325. The van der Waals surface area contributed by atoms with Crippen molar-refractivity contribution in [1.82, 2.24) is 4.98 Å². The Balaban J connectivity index is 1.55. The third kappa shape index (κ3) is 3.20. The number of carbonyl (C=O) groups is 1. The van der Waals surface area contributed by atoms with Crippen molar-refractivity contribution in [2.75, 3.05) is 11.4 Å². The Morgan fingerprint density at radius 1 is 1.16 bits per heavy atom. The monoisotopic (exact) mass is 352 g/mol. The van der Waals surface area contributed by atoms with Gasteiger partial charge in [-0.3, -0.25) is 4.79 Å². The molecule has 0 aliphatic carbocycles. The molecule has 126 valence electrons. The Morgan fingerprint density at radius 3 is 2.84 bits per heavy atom. The van der Waals surface area contributed by atoms with Crippen molar-refractivity contribution in [3.05, 3.63) is 71.0 Å². The molecule has 3 nitrogen and oxygen atoms in total. The number of rotatable bonds is 3. The molecule has 0 atom stereocenters. The zero-order valence-corrected chi connectivity index (χ0v) is 14.4. The van der Waals surface area contributed by atoms with Gasteiger partial charge in [0.15, 0.2) is 0 Å². The molecule has 5 heteroatoms. The summed E-state index contributed by atoms with van der Waals surface area (Å²) in [5, 5.41) is 2.81. The van der Waals surface area contributed by atoms with Gasteiger partial charge in [-0.15, -0.1) is 11.3 Å². The number of halogens is 1. The lowest BCUT2D eigenvalue weighted by Gasteiger charge is -2.29. The molecular weight excluding hydrogens is 335 g/mol. The first-order chi connectivity index (χ1) is 12.2. The smallest absolute Gasteiger partial charge is 0.233 e. The summed E-state index contributed by atoms with van der Waals surface area (Å²) in [5.41, 5.74) is 3.12. The van der Waals surface area contributed by atoms with Gasteiger partial charge >= 0.3 is 0 Å². The predicted molar refractivity (Wildman–Crippen MR) is 98.3 cm³/mol. The van der Waals surface area contributed by atoms with Gasteiger partial charge in [-0.1, -0.05) is 42.5 Å². The maximum atomic E-state index is 14.2. The van der Waals surface area contributed by atoms with Gasteiger partial charge in [0.25, 0.3) is 0 Å². The van der Waals surface area contributed by atoms with E-state index in [9.17, 15) is 9.18 Å². The summed E-state index contributed by atoms with van der Waals surface area (Å²) in [4.78, 5) is 18.9. The summed E-state index contributed by atoms with van der Waals surface area (Å²) >= 11 is 1.52. The van der Waals surface area contributed by atoms with Crippen LogP contribution in [0.25, 0.3) is 10.6 Å². The van der Waals surface area contributed by atoms with Crippen molar-refractivity contribution in [3.63, 3.8) is 0 Å². The van der Waals surface area contributed by atoms with Gasteiger partial charge in [0, 0.05) is 17.5 Å². The number of para-hydroxylation sites is 1. The topological polar surface area (TPSA) is 33.2 Å². The van der Waals surface area contributed by atoms with E-state index in [4.69, 9.17) is 0 Å². The van der Waals surface area contributed by atoms with Crippen LogP contribution in [0.3, 0.4) is 0 Å². The lowest BCUT2D eigenvalue weighted by atomic mass is 10.0. The van der Waals surface area contributed by atoms with Crippen LogP contribution < -0.4 is 4.90 Å². The van der Waals surface area contributed by atoms with Crippen molar-refractivity contribution in [3.8, 4) is 10.6 Å². The van der Waals surface area contributed by atoms with E-state index in [1.807, 2.05) is 41.8 Å². The van der Waals surface area contributed by atoms with E-state index >= 15 is 0 Å². The second-order valence-electron chi connectivity index (χ2n) is 6.08. The van der Waals surface area contributed by atoms with Gasteiger partial charge in [-0.05, 0) is 24.5 Å². The highest BCUT2D eigenvalue weighted by molar-refractivity contribution is 7.13.